The van der Waals surface area contributed by atoms with Gasteiger partial charge in [-0.25, -0.2) is 0 Å². The highest BCUT2D eigenvalue weighted by Gasteiger charge is 2.25. The average Bonchev–Trinajstić information content (AvgIpc) is 2.74. The predicted octanol–water partition coefficient (Wildman–Crippen LogP) is 1.94. The molecule has 0 unspecified atom stereocenters. The van der Waals surface area contributed by atoms with Crippen LogP contribution < -0.4 is 10.9 Å². The molecule has 1 aliphatic heterocycles. The van der Waals surface area contributed by atoms with Gasteiger partial charge in [-0.3, -0.25) is 9.59 Å². The molecule has 1 saturated heterocycles. The van der Waals surface area contributed by atoms with E-state index in [0.29, 0.717) is 17.9 Å². The molecule has 6 heteroatoms. The van der Waals surface area contributed by atoms with E-state index in [1.165, 1.54) is 6.42 Å². The van der Waals surface area contributed by atoms with Crippen molar-refractivity contribution in [3.8, 4) is 0 Å². The van der Waals surface area contributed by atoms with Gasteiger partial charge in [-0.2, -0.15) is 5.16 Å². The molecule has 0 amide bonds. The number of hydrogen-bond acceptors (Lipinski definition) is 4. The predicted molar refractivity (Wildman–Crippen MR) is 75.9 cm³/mol. The van der Waals surface area contributed by atoms with E-state index in [0.717, 1.165) is 32.1 Å². The van der Waals surface area contributed by atoms with Crippen LogP contribution >= 0.6 is 0 Å². The lowest BCUT2D eigenvalue weighted by molar-refractivity contribution is -0.134. The molecule has 3 N–H and O–H groups in total. The van der Waals surface area contributed by atoms with Crippen LogP contribution in [0.1, 0.15) is 51.7 Å². The second-order valence-corrected chi connectivity index (χ2v) is 5.64. The van der Waals surface area contributed by atoms with Crippen LogP contribution in [-0.2, 0) is 4.79 Å². The quantitative estimate of drug-likeness (QED) is 0.788. The van der Waals surface area contributed by atoms with Gasteiger partial charge >= 0.3 is 0 Å². The second-order valence-electron chi connectivity index (χ2n) is 5.64. The van der Waals surface area contributed by atoms with Crippen LogP contribution in [0.15, 0.2) is 15.4 Å². The van der Waals surface area contributed by atoms with E-state index < -0.39 is 5.97 Å². The largest absolute Gasteiger partial charge is 0.481 e. The fourth-order valence-electron chi connectivity index (χ4n) is 2.51. The van der Waals surface area contributed by atoms with Crippen LogP contribution in [0.25, 0.3) is 0 Å². The third-order valence-electron chi connectivity index (χ3n) is 3.20. The summed E-state index contributed by atoms with van der Waals surface area (Å²) in [4.78, 5) is 20.0. The molecule has 1 aliphatic rings. The number of piperidine rings is 1. The summed E-state index contributed by atoms with van der Waals surface area (Å²) >= 11 is 0. The summed E-state index contributed by atoms with van der Waals surface area (Å²) < 4.78 is 5.19. The Morgan fingerprint density at radius 3 is 2.70 bits per heavy atom. The molecular weight excluding hydrogens is 260 g/mol. The zero-order valence-corrected chi connectivity index (χ0v) is 12.3. The van der Waals surface area contributed by atoms with E-state index in [-0.39, 0.29) is 5.56 Å². The Morgan fingerprint density at radius 1 is 1.55 bits per heavy atom. The van der Waals surface area contributed by atoms with E-state index in [4.69, 9.17) is 14.4 Å². The Hall–Kier alpha value is -1.56. The standard InChI is InChI=1S/C12H20N2O2.C2H4O2/c1-8(2)5-10-6-9(3-4-13-10)11-7-12(15)14-16-11;1-2(3)4/h7-10,13H,3-6H2,1-2H3,(H,14,15);1H3,(H,3,4)/t9-,10-;/m0./s1. The number of aromatic nitrogens is 1. The Bertz CT molecular complexity index is 460. The smallest absolute Gasteiger partial charge is 0.300 e. The molecule has 2 rings (SSSR count). The highest BCUT2D eigenvalue weighted by atomic mass is 16.5. The summed E-state index contributed by atoms with van der Waals surface area (Å²) in [6.07, 6.45) is 3.31. The molecule has 0 spiro atoms. The van der Waals surface area contributed by atoms with Crippen LogP contribution in [0.3, 0.4) is 0 Å². The molecule has 0 aromatic carbocycles. The van der Waals surface area contributed by atoms with E-state index >= 15 is 0 Å². The molecule has 20 heavy (non-hydrogen) atoms. The first kappa shape index (κ1) is 16.5. The van der Waals surface area contributed by atoms with E-state index in [1.807, 2.05) is 0 Å². The first-order valence-corrected chi connectivity index (χ1v) is 6.99. The van der Waals surface area contributed by atoms with Crippen molar-refractivity contribution < 1.29 is 14.4 Å². The van der Waals surface area contributed by atoms with Gasteiger partial charge < -0.3 is 14.9 Å². The molecule has 0 radical (unpaired) electrons. The van der Waals surface area contributed by atoms with Gasteiger partial charge in [-0.05, 0) is 31.7 Å². The molecule has 6 nitrogen and oxygen atoms in total. The summed E-state index contributed by atoms with van der Waals surface area (Å²) in [5, 5.41) is 13.3. The van der Waals surface area contributed by atoms with Gasteiger partial charge in [0.15, 0.2) is 0 Å². The number of hydrogen-bond donors (Lipinski definition) is 3. The van der Waals surface area contributed by atoms with Crippen molar-refractivity contribution in [2.75, 3.05) is 6.54 Å². The molecular formula is C14H24N2O4. The number of H-pyrrole nitrogens is 1. The maximum absolute atomic E-state index is 11.0. The number of aromatic amines is 1. The van der Waals surface area contributed by atoms with Gasteiger partial charge in [0.25, 0.3) is 11.5 Å². The molecule has 1 aromatic rings. The molecule has 1 aromatic heterocycles. The number of aliphatic carboxylic acids is 1. The van der Waals surface area contributed by atoms with Crippen molar-refractivity contribution >= 4 is 5.97 Å². The van der Waals surface area contributed by atoms with Gasteiger partial charge in [0.05, 0.1) is 0 Å². The summed E-state index contributed by atoms with van der Waals surface area (Å²) in [7, 11) is 0. The number of carbonyl (C=O) groups is 1. The van der Waals surface area contributed by atoms with Gasteiger partial charge in [-0.15, -0.1) is 0 Å². The monoisotopic (exact) mass is 284 g/mol. The van der Waals surface area contributed by atoms with E-state index in [2.05, 4.69) is 24.3 Å². The highest BCUT2D eigenvalue weighted by Crippen LogP contribution is 2.28. The molecule has 0 saturated carbocycles. The lowest BCUT2D eigenvalue weighted by atomic mass is 9.87. The van der Waals surface area contributed by atoms with E-state index in [9.17, 15) is 4.79 Å². The Balaban J connectivity index is 0.000000444. The summed E-state index contributed by atoms with van der Waals surface area (Å²) in [6, 6.07) is 2.14. The minimum atomic E-state index is -0.833. The van der Waals surface area contributed by atoms with Gasteiger partial charge in [0.2, 0.25) is 0 Å². The molecule has 0 aliphatic carbocycles. The number of rotatable bonds is 3. The molecule has 2 atom stereocenters. The Morgan fingerprint density at radius 2 is 2.20 bits per heavy atom. The molecule has 0 bridgehead atoms. The molecule has 114 valence electrons. The normalized spacial score (nSPS) is 22.2. The highest BCUT2D eigenvalue weighted by molar-refractivity contribution is 5.62. The summed E-state index contributed by atoms with van der Waals surface area (Å²) in [5.41, 5.74) is -0.131. The van der Waals surface area contributed by atoms with Crippen molar-refractivity contribution in [2.45, 2.75) is 52.0 Å². The second kappa shape index (κ2) is 7.89. The zero-order valence-electron chi connectivity index (χ0n) is 12.3. The average molecular weight is 284 g/mol. The van der Waals surface area contributed by atoms with Crippen molar-refractivity contribution in [1.82, 2.24) is 10.5 Å². The van der Waals surface area contributed by atoms with Gasteiger partial charge in [-0.1, -0.05) is 13.8 Å². The summed E-state index contributed by atoms with van der Waals surface area (Å²) in [5.74, 6) is 1.08. The van der Waals surface area contributed by atoms with Crippen LogP contribution in [0.2, 0.25) is 0 Å². The Labute approximate surface area is 118 Å². The van der Waals surface area contributed by atoms with Gasteiger partial charge in [0, 0.05) is 24.9 Å². The van der Waals surface area contributed by atoms with Crippen molar-refractivity contribution in [1.29, 1.82) is 0 Å². The van der Waals surface area contributed by atoms with Crippen LogP contribution in [-0.4, -0.2) is 28.8 Å². The zero-order chi connectivity index (χ0) is 15.1. The lowest BCUT2D eigenvalue weighted by Crippen LogP contribution is -2.38. The van der Waals surface area contributed by atoms with Crippen molar-refractivity contribution in [3.63, 3.8) is 0 Å². The maximum Gasteiger partial charge on any atom is 0.300 e. The third kappa shape index (κ3) is 6.06. The van der Waals surface area contributed by atoms with Gasteiger partial charge in [0.1, 0.15) is 5.76 Å². The number of carboxylic acid groups (broad SMARTS) is 1. The first-order chi connectivity index (χ1) is 9.38. The van der Waals surface area contributed by atoms with E-state index in [1.54, 1.807) is 6.07 Å². The fraction of sp³-hybridized carbons (Fsp3) is 0.714. The number of nitrogens with one attached hydrogen (secondary N) is 2. The SMILES string of the molecule is CC(=O)O.CC(C)C[C@H]1C[C@@H](c2cc(=O)[nH]o2)CCN1. The maximum atomic E-state index is 11.0. The van der Waals surface area contributed by atoms with Crippen molar-refractivity contribution in [3.05, 3.63) is 22.2 Å². The third-order valence-corrected chi connectivity index (χ3v) is 3.20. The van der Waals surface area contributed by atoms with Crippen molar-refractivity contribution in [2.24, 2.45) is 5.92 Å². The van der Waals surface area contributed by atoms with Crippen LogP contribution in [0.4, 0.5) is 0 Å². The fourth-order valence-corrected chi connectivity index (χ4v) is 2.51. The molecule has 1 fully saturated rings. The molecule has 2 heterocycles. The van der Waals surface area contributed by atoms with Crippen LogP contribution in [0.5, 0.6) is 0 Å². The minimum Gasteiger partial charge on any atom is -0.481 e. The topological polar surface area (TPSA) is 95.3 Å². The van der Waals surface area contributed by atoms with Crippen LogP contribution in [0, 0.1) is 5.92 Å². The first-order valence-electron chi connectivity index (χ1n) is 6.99. The Kier molecular flexibility index (Phi) is 6.51. The lowest BCUT2D eigenvalue weighted by Gasteiger charge is -2.30. The number of carboxylic acids is 1. The minimum absolute atomic E-state index is 0.131. The summed E-state index contributed by atoms with van der Waals surface area (Å²) in [6.45, 7) is 6.57.